The first-order valence-corrected chi connectivity index (χ1v) is 12.1. The molecule has 1 aliphatic rings. The van der Waals surface area contributed by atoms with Gasteiger partial charge < -0.3 is 30.1 Å². The summed E-state index contributed by atoms with van der Waals surface area (Å²) in [5.41, 5.74) is 1.11. The van der Waals surface area contributed by atoms with E-state index >= 15 is 0 Å². The number of para-hydroxylation sites is 1. The summed E-state index contributed by atoms with van der Waals surface area (Å²) in [7, 11) is 0. The van der Waals surface area contributed by atoms with E-state index in [0.29, 0.717) is 11.3 Å². The molecule has 0 radical (unpaired) electrons. The molecule has 0 aromatic heterocycles. The number of anilines is 1. The van der Waals surface area contributed by atoms with Crippen LogP contribution >= 0.6 is 0 Å². The fraction of sp³-hybridized carbons (Fsp3) is 0.346. The Hall–Kier alpha value is -4.53. The first-order valence-electron chi connectivity index (χ1n) is 12.1. The molecule has 0 saturated carbocycles. The molecule has 1 saturated heterocycles. The summed E-state index contributed by atoms with van der Waals surface area (Å²) in [6.45, 7) is -0.173. The van der Waals surface area contributed by atoms with Gasteiger partial charge in [-0.2, -0.15) is 8.78 Å². The number of carboxylic acid groups (broad SMARTS) is 1. The minimum absolute atomic E-state index is 0.0280. The van der Waals surface area contributed by atoms with Crippen molar-refractivity contribution in [2.75, 3.05) is 38.2 Å². The second-order valence-corrected chi connectivity index (χ2v) is 9.00. The second-order valence-electron chi connectivity index (χ2n) is 9.00. The van der Waals surface area contributed by atoms with Gasteiger partial charge in [0, 0.05) is 24.8 Å². The maximum atomic E-state index is 13.8. The number of hydrogen-bond donors (Lipinski definition) is 3. The fourth-order valence-electron chi connectivity index (χ4n) is 3.82. The monoisotopic (exact) mass is 583 g/mol. The lowest BCUT2D eigenvalue weighted by Gasteiger charge is -2.24. The van der Waals surface area contributed by atoms with E-state index in [1.165, 1.54) is 0 Å². The molecule has 1 aliphatic heterocycles. The predicted molar refractivity (Wildman–Crippen MR) is 132 cm³/mol. The number of halogens is 4. The highest BCUT2D eigenvalue weighted by Gasteiger charge is 2.33. The molecule has 3 amide bonds. The van der Waals surface area contributed by atoms with Gasteiger partial charge in [0.05, 0.1) is 25.6 Å². The number of amides is 3. The number of carbonyl (C=O) groups excluding carboxylic acids is 4. The molecule has 41 heavy (non-hydrogen) atoms. The highest BCUT2D eigenvalue weighted by Crippen LogP contribution is 2.26. The molecule has 220 valence electrons. The van der Waals surface area contributed by atoms with Gasteiger partial charge in [0.25, 0.3) is 0 Å². The van der Waals surface area contributed by atoms with Gasteiger partial charge in [0.15, 0.2) is 23.2 Å². The van der Waals surface area contributed by atoms with Gasteiger partial charge in [-0.05, 0) is 18.6 Å². The molecule has 0 bridgehead atoms. The number of rotatable bonds is 9. The van der Waals surface area contributed by atoms with Gasteiger partial charge in [-0.3, -0.25) is 24.0 Å². The zero-order chi connectivity index (χ0) is 30.3. The quantitative estimate of drug-likeness (QED) is 0.229. The molecule has 1 heterocycles. The average Bonchev–Trinajstić information content (AvgIpc) is 3.18. The molecule has 2 aromatic rings. The summed E-state index contributed by atoms with van der Waals surface area (Å²) in [5, 5.41) is 13.8. The molecule has 0 unspecified atom stereocenters. The number of nitrogens with one attached hydrogen (secondary N) is 2. The summed E-state index contributed by atoms with van der Waals surface area (Å²) in [6, 6.07) is 4.87. The predicted octanol–water partition coefficient (Wildman–Crippen LogP) is 1.57. The Labute approximate surface area is 230 Å². The summed E-state index contributed by atoms with van der Waals surface area (Å²) >= 11 is 0. The number of aliphatic carboxylic acids is 1. The third-order valence-electron chi connectivity index (χ3n) is 6.03. The first kappa shape index (κ1) is 31.0. The Morgan fingerprint density at radius 2 is 1.76 bits per heavy atom. The number of nitrogens with zero attached hydrogens (tertiary/aromatic N) is 1. The van der Waals surface area contributed by atoms with E-state index in [1.54, 1.807) is 31.2 Å². The van der Waals surface area contributed by atoms with Crippen LogP contribution < -0.4 is 15.4 Å². The fourth-order valence-corrected chi connectivity index (χ4v) is 3.82. The van der Waals surface area contributed by atoms with Crippen molar-refractivity contribution in [3.05, 3.63) is 59.2 Å². The molecule has 3 N–H and O–H groups in total. The Kier molecular flexibility index (Phi) is 10.4. The van der Waals surface area contributed by atoms with Crippen LogP contribution in [-0.2, 0) is 28.7 Å². The SMILES string of the molecule is Cc1ccccc1NC(=O)C(=O)N1CCOC[C@H](C(=O)N[C@@H](CC(=O)O)C(=O)COc2c(F)c(F)cc(F)c2F)C1. The summed E-state index contributed by atoms with van der Waals surface area (Å²) in [6.07, 6.45) is -0.981. The number of ether oxygens (including phenoxy) is 2. The van der Waals surface area contributed by atoms with Gasteiger partial charge in [0.2, 0.25) is 17.5 Å². The van der Waals surface area contributed by atoms with E-state index in [1.807, 2.05) is 0 Å². The standard InChI is InChI=1S/C26H25F4N3O8/c1-13-4-2-3-5-17(13)31-25(38)26(39)33-6-7-40-11-14(10-33)24(37)32-18(9-20(35)36)19(34)12-41-23-21(29)15(27)8-16(28)22(23)30/h2-5,8,14,18H,6-7,9-12H2,1H3,(H,31,38)(H,32,37)(H,35,36)/t14-,18+/m1/s1. The summed E-state index contributed by atoms with van der Waals surface area (Å²) in [5.74, 6) is -15.7. The number of hydrogen-bond acceptors (Lipinski definition) is 7. The average molecular weight is 583 g/mol. The van der Waals surface area contributed by atoms with Crippen LogP contribution in [0.25, 0.3) is 0 Å². The molecule has 0 spiro atoms. The van der Waals surface area contributed by atoms with Crippen molar-refractivity contribution in [1.29, 1.82) is 0 Å². The molecule has 2 aromatic carbocycles. The van der Waals surface area contributed by atoms with Crippen LogP contribution in [0, 0.1) is 36.1 Å². The number of benzene rings is 2. The smallest absolute Gasteiger partial charge is 0.313 e. The Morgan fingerprint density at radius 3 is 2.39 bits per heavy atom. The van der Waals surface area contributed by atoms with Crippen LogP contribution in [-0.4, -0.2) is 78.4 Å². The summed E-state index contributed by atoms with van der Waals surface area (Å²) in [4.78, 5) is 63.3. The van der Waals surface area contributed by atoms with Crippen LogP contribution in [0.3, 0.4) is 0 Å². The summed E-state index contributed by atoms with van der Waals surface area (Å²) < 4.78 is 64.4. The van der Waals surface area contributed by atoms with Crippen LogP contribution in [0.1, 0.15) is 12.0 Å². The van der Waals surface area contributed by atoms with Crippen molar-refractivity contribution in [1.82, 2.24) is 10.2 Å². The third-order valence-corrected chi connectivity index (χ3v) is 6.03. The minimum Gasteiger partial charge on any atom is -0.481 e. The van der Waals surface area contributed by atoms with E-state index in [0.717, 1.165) is 4.90 Å². The van der Waals surface area contributed by atoms with Gasteiger partial charge in [-0.25, -0.2) is 8.78 Å². The number of Topliss-reactive ketones (excluding diaryl/α,β-unsaturated/α-hetero) is 1. The number of ketones is 1. The zero-order valence-corrected chi connectivity index (χ0v) is 21.5. The van der Waals surface area contributed by atoms with Crippen LogP contribution in [0.5, 0.6) is 5.75 Å². The van der Waals surface area contributed by atoms with Gasteiger partial charge in [-0.15, -0.1) is 0 Å². The number of carbonyl (C=O) groups is 5. The first-order chi connectivity index (χ1) is 19.4. The molecule has 3 rings (SSSR count). The lowest BCUT2D eigenvalue weighted by Crippen LogP contribution is -2.50. The van der Waals surface area contributed by atoms with Crippen molar-refractivity contribution in [2.45, 2.75) is 19.4 Å². The maximum Gasteiger partial charge on any atom is 0.313 e. The second kappa shape index (κ2) is 13.7. The highest BCUT2D eigenvalue weighted by molar-refractivity contribution is 6.39. The highest BCUT2D eigenvalue weighted by atomic mass is 19.2. The van der Waals surface area contributed by atoms with Crippen LogP contribution in [0.15, 0.2) is 30.3 Å². The topological polar surface area (TPSA) is 151 Å². The Bertz CT molecular complexity index is 1330. The van der Waals surface area contributed by atoms with Crippen molar-refractivity contribution in [3.63, 3.8) is 0 Å². The minimum atomic E-state index is -1.91. The Morgan fingerprint density at radius 1 is 1.10 bits per heavy atom. The van der Waals surface area contributed by atoms with Gasteiger partial charge in [0.1, 0.15) is 12.6 Å². The van der Waals surface area contributed by atoms with E-state index in [9.17, 15) is 46.6 Å². The van der Waals surface area contributed by atoms with Crippen molar-refractivity contribution < 1.29 is 56.1 Å². The lowest BCUT2D eigenvalue weighted by atomic mass is 10.1. The molecule has 2 atom stereocenters. The van der Waals surface area contributed by atoms with Crippen molar-refractivity contribution >= 4 is 35.2 Å². The normalized spacial score (nSPS) is 15.8. The van der Waals surface area contributed by atoms with Gasteiger partial charge in [-0.1, -0.05) is 18.2 Å². The maximum absolute atomic E-state index is 13.8. The van der Waals surface area contributed by atoms with Crippen LogP contribution in [0.2, 0.25) is 0 Å². The van der Waals surface area contributed by atoms with Gasteiger partial charge >= 0.3 is 17.8 Å². The molecule has 0 aliphatic carbocycles. The zero-order valence-electron chi connectivity index (χ0n) is 21.5. The molecular formula is C26H25F4N3O8. The lowest BCUT2D eigenvalue weighted by molar-refractivity contribution is -0.144. The molecular weight excluding hydrogens is 558 g/mol. The van der Waals surface area contributed by atoms with Crippen molar-refractivity contribution in [3.8, 4) is 5.75 Å². The third kappa shape index (κ3) is 8.00. The number of aryl methyl sites for hydroxylation is 1. The number of carboxylic acids is 1. The van der Waals surface area contributed by atoms with E-state index in [4.69, 9.17) is 4.74 Å². The van der Waals surface area contributed by atoms with E-state index in [2.05, 4.69) is 15.4 Å². The van der Waals surface area contributed by atoms with E-state index < -0.39 is 83.5 Å². The largest absolute Gasteiger partial charge is 0.481 e. The molecule has 15 heteroatoms. The van der Waals surface area contributed by atoms with Crippen LogP contribution in [0.4, 0.5) is 23.2 Å². The molecule has 1 fully saturated rings. The Balaban J connectivity index is 1.67. The van der Waals surface area contributed by atoms with Crippen molar-refractivity contribution in [2.24, 2.45) is 5.92 Å². The van der Waals surface area contributed by atoms with E-state index in [-0.39, 0.29) is 32.4 Å². The molecule has 11 nitrogen and oxygen atoms in total.